The zero-order chi connectivity index (χ0) is 72.4. The molecule has 7 N–H and O–H groups in total. The average molecular weight is 1440 g/mol. The van der Waals surface area contributed by atoms with Gasteiger partial charge in [-0.3, -0.25) is 29.6 Å². The Hall–Kier alpha value is -9.66. The fourth-order valence-corrected chi connectivity index (χ4v) is 14.0. The van der Waals surface area contributed by atoms with Gasteiger partial charge in [-0.15, -0.1) is 0 Å². The predicted octanol–water partition coefficient (Wildman–Crippen LogP) is 16.1. The van der Waals surface area contributed by atoms with Crippen LogP contribution >= 0.6 is 22.7 Å². The molecule has 2 saturated heterocycles. The zero-order valence-electron chi connectivity index (χ0n) is 59.7. The Kier molecular flexibility index (Phi) is 26.0. The minimum atomic E-state index is -0.271. The van der Waals surface area contributed by atoms with Gasteiger partial charge in [0, 0.05) is 134 Å². The number of carbonyl (C=O) groups excluding carboxylic acids is 4. The predicted molar refractivity (Wildman–Crippen MR) is 410 cm³/mol. The molecular weight excluding hydrogens is 1340 g/mol. The summed E-state index contributed by atoms with van der Waals surface area (Å²) in [6, 6.07) is 42.3. The Morgan fingerprint density at radius 1 is 0.563 bits per heavy atom. The topological polar surface area (TPSA) is 251 Å². The minimum absolute atomic E-state index is 0.106. The van der Waals surface area contributed by atoms with E-state index in [1.807, 2.05) is 108 Å². The van der Waals surface area contributed by atoms with Crippen LogP contribution in [-0.2, 0) is 24.4 Å². The van der Waals surface area contributed by atoms with Crippen LogP contribution in [0.2, 0.25) is 0 Å². The van der Waals surface area contributed by atoms with Gasteiger partial charge in [-0.2, -0.15) is 0 Å². The summed E-state index contributed by atoms with van der Waals surface area (Å²) in [6.07, 6.45) is 14.6. The van der Waals surface area contributed by atoms with Crippen molar-refractivity contribution in [1.29, 1.82) is 0 Å². The molecule has 6 aromatic carbocycles. The number of piperidine rings is 2. The van der Waals surface area contributed by atoms with E-state index in [0.29, 0.717) is 80.0 Å². The number of hydrogen-bond acceptors (Lipinski definition) is 16. The Morgan fingerprint density at radius 2 is 1.06 bits per heavy atom. The second kappa shape index (κ2) is 36.0. The summed E-state index contributed by atoms with van der Waals surface area (Å²) in [5, 5.41) is 38.8. The smallest absolute Gasteiger partial charge is 0.319 e. The second-order valence-corrected chi connectivity index (χ2v) is 27.8. The van der Waals surface area contributed by atoms with Gasteiger partial charge >= 0.3 is 12.1 Å². The highest BCUT2D eigenvalue weighted by Crippen LogP contribution is 2.40. The third kappa shape index (κ3) is 19.5. The van der Waals surface area contributed by atoms with Gasteiger partial charge < -0.3 is 59.6 Å². The first kappa shape index (κ1) is 74.5. The number of thiazole rings is 2. The van der Waals surface area contributed by atoms with E-state index in [4.69, 9.17) is 18.9 Å². The van der Waals surface area contributed by atoms with Crippen molar-refractivity contribution in [3.63, 3.8) is 0 Å². The molecule has 103 heavy (non-hydrogen) atoms. The standard InChI is InChI=1S/C40H48N6O5S.C39H46N6O5S/c1-5-22-50-36-23-30(43-39(49)42-29(6-2)7-3)14-17-35(36)51-37-24-41-40(52-37)44(4)38(48)27-12-15-31(16-13-27)46-26-28(33-10-8-9-11-34(33)46)25-45-20-18-32(47)19-21-45;1-4-29(5-2)41-38(48)42-30-13-16-35(27(21-30)25-49-6-3)50-36-22-40-39(51-36)43-37(47)26-11-14-31(15-12-26)45-24-28(33-9-7-8-10-34(33)45)23-44-19-17-32(46)18-20-44/h8-17,23-24,26,29,32,47H,5-7,18-22,25H2,1-4H3,(H2,42,43,49);7-16,21-22,24,29,32,46H,4-6,17-20,23,25H2,1-3H3,(H,40,43,47)(H2,41,42,48). The quantitative estimate of drug-likeness (QED) is 0.0241. The van der Waals surface area contributed by atoms with E-state index in [1.165, 1.54) is 49.5 Å². The van der Waals surface area contributed by atoms with Crippen molar-refractivity contribution < 1.29 is 48.3 Å². The van der Waals surface area contributed by atoms with Gasteiger partial charge in [0.05, 0.1) is 48.8 Å². The number of likely N-dealkylation sites (tertiary alicyclic amines) is 2. The molecule has 10 aromatic rings. The van der Waals surface area contributed by atoms with Crippen molar-refractivity contribution in [1.82, 2.24) is 39.5 Å². The molecule has 542 valence electrons. The van der Waals surface area contributed by atoms with E-state index in [9.17, 15) is 29.4 Å². The molecule has 6 amide bonds. The number of aliphatic hydroxyl groups excluding tert-OH is 2. The maximum atomic E-state index is 13.6. The number of ether oxygens (including phenoxy) is 4. The molecule has 0 unspecified atom stereocenters. The van der Waals surface area contributed by atoms with Crippen LogP contribution in [0.1, 0.15) is 137 Å². The number of para-hydroxylation sites is 2. The van der Waals surface area contributed by atoms with Crippen LogP contribution in [0.25, 0.3) is 33.2 Å². The number of aromatic nitrogens is 4. The van der Waals surface area contributed by atoms with E-state index in [0.717, 1.165) is 125 Å². The Morgan fingerprint density at radius 3 is 1.59 bits per heavy atom. The number of nitrogens with one attached hydrogen (secondary N) is 5. The summed E-state index contributed by atoms with van der Waals surface area (Å²) in [4.78, 5) is 67.0. The highest BCUT2D eigenvalue weighted by molar-refractivity contribution is 7.17. The molecule has 4 aromatic heterocycles. The average Bonchev–Trinajstić information content (AvgIpc) is 1.65. The summed E-state index contributed by atoms with van der Waals surface area (Å²) < 4.78 is 28.3. The van der Waals surface area contributed by atoms with E-state index >= 15 is 0 Å². The maximum absolute atomic E-state index is 13.6. The molecule has 0 saturated carbocycles. The van der Waals surface area contributed by atoms with E-state index in [-0.39, 0.29) is 48.2 Å². The zero-order valence-corrected chi connectivity index (χ0v) is 61.3. The molecule has 2 fully saturated rings. The SMILES string of the molecule is CCCOc1cc(NC(=O)NC(CC)CC)ccc1Oc1cnc(N(C)C(=O)c2ccc(-n3cc(CN4CCC(O)CC4)c4ccccc43)cc2)s1.CCOCc1cc(NC(=O)NC(CC)CC)ccc1Oc1cnc(NC(=O)c2ccc(-n3cc(CN4CCC(O)CC4)c4ccccc43)cc2)s1. The lowest BCUT2D eigenvalue weighted by Crippen LogP contribution is -2.37. The van der Waals surface area contributed by atoms with Crippen LogP contribution in [0.3, 0.4) is 0 Å². The van der Waals surface area contributed by atoms with Crippen LogP contribution < -0.4 is 45.7 Å². The summed E-state index contributed by atoms with van der Waals surface area (Å²) in [5.74, 6) is 1.09. The van der Waals surface area contributed by atoms with Crippen molar-refractivity contribution in [2.75, 3.05) is 67.3 Å². The normalized spacial score (nSPS) is 13.8. The number of carbonyl (C=O) groups is 4. The summed E-state index contributed by atoms with van der Waals surface area (Å²) in [5.41, 5.74) is 9.67. The summed E-state index contributed by atoms with van der Waals surface area (Å²) in [6.45, 7) is 18.6. The Labute approximate surface area is 610 Å². The number of benzene rings is 6. The minimum Gasteiger partial charge on any atom is -0.490 e. The molecule has 2 aliphatic rings. The van der Waals surface area contributed by atoms with Gasteiger partial charge in [0.15, 0.2) is 21.8 Å². The van der Waals surface area contributed by atoms with Crippen molar-refractivity contribution in [2.24, 2.45) is 0 Å². The number of nitrogens with zero attached hydrogens (tertiary/aromatic N) is 7. The Balaban J connectivity index is 0.000000207. The number of hydrogen-bond donors (Lipinski definition) is 7. The molecule has 0 atom stereocenters. The first-order chi connectivity index (χ1) is 50.1. The monoisotopic (exact) mass is 1430 g/mol. The third-order valence-electron chi connectivity index (χ3n) is 18.6. The lowest BCUT2D eigenvalue weighted by Gasteiger charge is -2.29. The number of fused-ring (bicyclic) bond motifs is 2. The molecule has 6 heterocycles. The van der Waals surface area contributed by atoms with Crippen LogP contribution in [-0.4, -0.2) is 134 Å². The lowest BCUT2D eigenvalue weighted by atomic mass is 10.1. The van der Waals surface area contributed by atoms with Crippen molar-refractivity contribution >= 4 is 90.0 Å². The largest absolute Gasteiger partial charge is 0.490 e. The third-order valence-corrected chi connectivity index (χ3v) is 20.3. The fraction of sp³-hybridized carbons (Fsp3) is 0.367. The second-order valence-electron chi connectivity index (χ2n) is 25.9. The highest BCUT2D eigenvalue weighted by atomic mass is 32.1. The van der Waals surface area contributed by atoms with Crippen LogP contribution in [0.15, 0.2) is 158 Å². The maximum Gasteiger partial charge on any atom is 0.319 e. The van der Waals surface area contributed by atoms with Gasteiger partial charge in [0.25, 0.3) is 11.8 Å². The fourth-order valence-electron chi connectivity index (χ4n) is 12.6. The Bertz CT molecular complexity index is 4450. The first-order valence-electron chi connectivity index (χ1n) is 35.8. The molecule has 0 bridgehead atoms. The number of aliphatic hydroxyl groups is 2. The molecule has 12 rings (SSSR count). The molecule has 0 spiro atoms. The van der Waals surface area contributed by atoms with E-state index in [2.05, 4.69) is 104 Å². The summed E-state index contributed by atoms with van der Waals surface area (Å²) in [7, 11) is 1.70. The molecule has 22 nitrogen and oxygen atoms in total. The number of amides is 6. The lowest BCUT2D eigenvalue weighted by molar-refractivity contribution is 0.0792. The van der Waals surface area contributed by atoms with Crippen LogP contribution in [0.4, 0.5) is 31.2 Å². The van der Waals surface area contributed by atoms with Gasteiger partial charge in [0.2, 0.25) is 10.1 Å². The molecule has 0 radical (unpaired) electrons. The van der Waals surface area contributed by atoms with Gasteiger partial charge in [-0.1, -0.05) is 93.7 Å². The van der Waals surface area contributed by atoms with Crippen LogP contribution in [0.5, 0.6) is 27.4 Å². The highest BCUT2D eigenvalue weighted by Gasteiger charge is 2.24. The molecule has 0 aliphatic carbocycles. The number of rotatable bonds is 28. The van der Waals surface area contributed by atoms with E-state index in [1.54, 1.807) is 49.8 Å². The molecule has 2 aliphatic heterocycles. The van der Waals surface area contributed by atoms with Crippen molar-refractivity contribution in [2.45, 2.75) is 143 Å². The first-order valence-corrected chi connectivity index (χ1v) is 37.4. The van der Waals surface area contributed by atoms with Gasteiger partial charge in [-0.25, -0.2) is 19.6 Å². The number of urea groups is 2. The van der Waals surface area contributed by atoms with Crippen LogP contribution in [0, 0.1) is 0 Å². The van der Waals surface area contributed by atoms with Gasteiger partial charge in [0.1, 0.15) is 5.75 Å². The number of anilines is 4. The molecular formula is C79H94N12O10S2. The van der Waals surface area contributed by atoms with Crippen molar-refractivity contribution in [3.8, 4) is 38.7 Å². The van der Waals surface area contributed by atoms with Gasteiger partial charge in [-0.05, 0) is 167 Å². The molecule has 24 heteroatoms. The summed E-state index contributed by atoms with van der Waals surface area (Å²) >= 11 is 2.47. The van der Waals surface area contributed by atoms with Crippen molar-refractivity contribution in [3.05, 3.63) is 186 Å². The van der Waals surface area contributed by atoms with E-state index < -0.39 is 0 Å².